The minimum absolute atomic E-state index is 0.276. The summed E-state index contributed by atoms with van der Waals surface area (Å²) in [4.78, 5) is 14.5. The lowest BCUT2D eigenvalue weighted by atomic mass is 10.2. The van der Waals surface area contributed by atoms with E-state index < -0.39 is 32.7 Å². The van der Waals surface area contributed by atoms with Crippen LogP contribution in [0, 0.1) is 5.82 Å². The Morgan fingerprint density at radius 2 is 1.73 bits per heavy atom. The molecule has 30 heavy (non-hydrogen) atoms. The number of nitrogens with zero attached hydrogens (tertiary/aromatic N) is 1. The number of carbonyl (C=O) groups is 1. The summed E-state index contributed by atoms with van der Waals surface area (Å²) in [5.74, 6) is -0.778. The van der Waals surface area contributed by atoms with Crippen LogP contribution in [-0.2, 0) is 14.8 Å². The first-order valence-corrected chi connectivity index (χ1v) is 12.6. The highest BCUT2D eigenvalue weighted by Gasteiger charge is 2.27. The van der Waals surface area contributed by atoms with Crippen molar-refractivity contribution in [2.75, 3.05) is 35.3 Å². The van der Waals surface area contributed by atoms with Crippen LogP contribution in [0.3, 0.4) is 0 Å². The molecule has 0 fully saturated rings. The normalized spacial score (nSPS) is 12.4. The molecule has 1 unspecified atom stereocenters. The second-order valence-corrected chi connectivity index (χ2v) is 9.26. The van der Waals surface area contributed by atoms with Crippen LogP contribution in [0.5, 0.6) is 0 Å². The third-order valence-corrected chi connectivity index (χ3v) is 6.76. The number of anilines is 2. The summed E-state index contributed by atoms with van der Waals surface area (Å²) in [5, 5.41) is 2.75. The van der Waals surface area contributed by atoms with Crippen molar-refractivity contribution in [2.45, 2.75) is 31.2 Å². The maximum absolute atomic E-state index is 14.0. The number of thioether (sulfide) groups is 1. The molecule has 0 saturated heterocycles. The number of amides is 1. The number of sulfonamides is 1. The fourth-order valence-corrected chi connectivity index (χ4v) is 4.75. The topological polar surface area (TPSA) is 78.5 Å². The number of halogens is 1. The van der Waals surface area contributed by atoms with Crippen LogP contribution in [-0.4, -0.2) is 45.5 Å². The fraction of sp³-hybridized carbons (Fsp3) is 0.381. The molecule has 164 valence electrons. The van der Waals surface area contributed by atoms with E-state index in [1.165, 1.54) is 30.0 Å². The quantitative estimate of drug-likeness (QED) is 0.542. The highest BCUT2D eigenvalue weighted by atomic mass is 32.2. The van der Waals surface area contributed by atoms with E-state index in [0.29, 0.717) is 11.4 Å². The van der Waals surface area contributed by atoms with Gasteiger partial charge in [0.25, 0.3) is 0 Å². The van der Waals surface area contributed by atoms with Crippen LogP contribution in [0.4, 0.5) is 15.8 Å². The van der Waals surface area contributed by atoms with E-state index in [1.807, 2.05) is 18.4 Å². The van der Waals surface area contributed by atoms with Crippen LogP contribution in [0.25, 0.3) is 0 Å². The van der Waals surface area contributed by atoms with E-state index in [9.17, 15) is 17.6 Å². The molecular weight excluding hydrogens is 425 g/mol. The summed E-state index contributed by atoms with van der Waals surface area (Å²) in [5.41, 5.74) is 1.60. The van der Waals surface area contributed by atoms with Crippen LogP contribution in [0.2, 0.25) is 0 Å². The molecule has 2 N–H and O–H groups in total. The third kappa shape index (κ3) is 6.45. The molecular formula is C21H28FN3O3S2. The van der Waals surface area contributed by atoms with Crippen molar-refractivity contribution < 1.29 is 17.6 Å². The molecule has 1 atom stereocenters. The Kier molecular flexibility index (Phi) is 9.13. The molecule has 1 amide bonds. The predicted molar refractivity (Wildman–Crippen MR) is 122 cm³/mol. The Hall–Kier alpha value is -2.10. The monoisotopic (exact) mass is 453 g/mol. The summed E-state index contributed by atoms with van der Waals surface area (Å²) in [6.45, 7) is 5.88. The number of rotatable bonds is 11. The first-order valence-electron chi connectivity index (χ1n) is 9.74. The van der Waals surface area contributed by atoms with Gasteiger partial charge in [-0.15, -0.1) is 0 Å². The van der Waals surface area contributed by atoms with Crippen molar-refractivity contribution in [1.82, 2.24) is 4.72 Å². The molecule has 2 rings (SSSR count). The van der Waals surface area contributed by atoms with E-state index in [-0.39, 0.29) is 6.42 Å². The van der Waals surface area contributed by atoms with Gasteiger partial charge in [-0.05, 0) is 68.7 Å². The molecule has 0 saturated carbocycles. The van der Waals surface area contributed by atoms with E-state index in [0.717, 1.165) is 24.8 Å². The Morgan fingerprint density at radius 3 is 2.30 bits per heavy atom. The lowest BCUT2D eigenvalue weighted by molar-refractivity contribution is -0.117. The fourth-order valence-electron chi connectivity index (χ4n) is 2.97. The Bertz CT molecular complexity index is 933. The molecule has 9 heteroatoms. The number of hydrogen-bond acceptors (Lipinski definition) is 5. The summed E-state index contributed by atoms with van der Waals surface area (Å²) in [7, 11) is -4.18. The molecule has 2 aromatic carbocycles. The van der Waals surface area contributed by atoms with Gasteiger partial charge in [0.1, 0.15) is 16.8 Å². The lowest BCUT2D eigenvalue weighted by Gasteiger charge is -2.22. The highest BCUT2D eigenvalue weighted by Crippen LogP contribution is 2.19. The van der Waals surface area contributed by atoms with E-state index >= 15 is 0 Å². The summed E-state index contributed by atoms with van der Waals surface area (Å²) in [6, 6.07) is 11.4. The van der Waals surface area contributed by atoms with Gasteiger partial charge in [-0.25, -0.2) is 12.8 Å². The van der Waals surface area contributed by atoms with E-state index in [1.54, 1.807) is 12.1 Å². The van der Waals surface area contributed by atoms with Crippen molar-refractivity contribution in [3.8, 4) is 0 Å². The minimum atomic E-state index is -4.18. The molecule has 0 aliphatic rings. The summed E-state index contributed by atoms with van der Waals surface area (Å²) >= 11 is 1.49. The SMILES string of the molecule is CCN(CC)c1ccc(NC(=O)C(CCSC)NS(=O)(=O)c2ccccc2F)cc1. The second-order valence-electron chi connectivity index (χ2n) is 6.59. The first-order chi connectivity index (χ1) is 14.3. The van der Waals surface area contributed by atoms with Crippen molar-refractivity contribution in [3.05, 3.63) is 54.3 Å². The summed E-state index contributed by atoms with van der Waals surface area (Å²) < 4.78 is 41.6. The smallest absolute Gasteiger partial charge is 0.244 e. The van der Waals surface area contributed by atoms with Gasteiger partial charge in [0.15, 0.2) is 0 Å². The van der Waals surface area contributed by atoms with Gasteiger partial charge in [-0.3, -0.25) is 4.79 Å². The zero-order valence-corrected chi connectivity index (χ0v) is 19.0. The second kappa shape index (κ2) is 11.3. The number of nitrogens with one attached hydrogen (secondary N) is 2. The van der Waals surface area contributed by atoms with Gasteiger partial charge in [0, 0.05) is 24.5 Å². The highest BCUT2D eigenvalue weighted by molar-refractivity contribution is 7.98. The van der Waals surface area contributed by atoms with Gasteiger partial charge in [-0.1, -0.05) is 12.1 Å². The van der Waals surface area contributed by atoms with E-state index in [4.69, 9.17) is 0 Å². The third-order valence-electron chi connectivity index (χ3n) is 4.61. The Labute approximate surface area is 182 Å². The largest absolute Gasteiger partial charge is 0.372 e. The number of hydrogen-bond donors (Lipinski definition) is 2. The van der Waals surface area contributed by atoms with Gasteiger partial charge in [0.05, 0.1) is 0 Å². The zero-order chi connectivity index (χ0) is 22.1. The molecule has 0 bridgehead atoms. The van der Waals surface area contributed by atoms with Crippen LogP contribution in [0.1, 0.15) is 20.3 Å². The lowest BCUT2D eigenvalue weighted by Crippen LogP contribution is -2.44. The molecule has 0 radical (unpaired) electrons. The Morgan fingerprint density at radius 1 is 1.10 bits per heavy atom. The Balaban J connectivity index is 2.16. The standard InChI is InChI=1S/C21H28FN3O3S2/c1-4-25(5-2)17-12-10-16(11-13-17)23-21(26)19(14-15-29-3)24-30(27,28)20-9-7-6-8-18(20)22/h6-13,19,24H,4-5,14-15H2,1-3H3,(H,23,26). The predicted octanol–water partition coefficient (Wildman–Crippen LogP) is 3.71. The van der Waals surface area contributed by atoms with Gasteiger partial charge >= 0.3 is 0 Å². The molecule has 2 aromatic rings. The molecule has 0 aliphatic carbocycles. The zero-order valence-electron chi connectivity index (χ0n) is 17.4. The number of carbonyl (C=O) groups excluding carboxylic acids is 1. The first kappa shape index (κ1) is 24.2. The molecule has 0 heterocycles. The van der Waals surface area contributed by atoms with Crippen molar-refractivity contribution in [2.24, 2.45) is 0 Å². The van der Waals surface area contributed by atoms with Crippen molar-refractivity contribution in [3.63, 3.8) is 0 Å². The molecule has 0 spiro atoms. The van der Waals surface area contributed by atoms with Crippen molar-refractivity contribution in [1.29, 1.82) is 0 Å². The van der Waals surface area contributed by atoms with E-state index in [2.05, 4.69) is 28.8 Å². The average Bonchev–Trinajstić information content (AvgIpc) is 2.73. The van der Waals surface area contributed by atoms with Crippen LogP contribution >= 0.6 is 11.8 Å². The molecule has 6 nitrogen and oxygen atoms in total. The van der Waals surface area contributed by atoms with Gasteiger partial charge in [-0.2, -0.15) is 16.5 Å². The molecule has 0 aromatic heterocycles. The maximum Gasteiger partial charge on any atom is 0.244 e. The molecule has 0 aliphatic heterocycles. The summed E-state index contributed by atoms with van der Waals surface area (Å²) in [6.07, 6.45) is 2.14. The van der Waals surface area contributed by atoms with Crippen LogP contribution in [0.15, 0.2) is 53.4 Å². The number of benzene rings is 2. The maximum atomic E-state index is 14.0. The van der Waals surface area contributed by atoms with Gasteiger partial charge < -0.3 is 10.2 Å². The van der Waals surface area contributed by atoms with Crippen LogP contribution < -0.4 is 14.9 Å². The minimum Gasteiger partial charge on any atom is -0.372 e. The van der Waals surface area contributed by atoms with Crippen molar-refractivity contribution >= 4 is 39.1 Å². The van der Waals surface area contributed by atoms with Gasteiger partial charge in [0.2, 0.25) is 15.9 Å². The average molecular weight is 454 g/mol.